The van der Waals surface area contributed by atoms with E-state index in [0.717, 1.165) is 21.5 Å². The van der Waals surface area contributed by atoms with Gasteiger partial charge < -0.3 is 4.74 Å². The van der Waals surface area contributed by atoms with Crippen LogP contribution in [0.25, 0.3) is 15.9 Å². The summed E-state index contributed by atoms with van der Waals surface area (Å²) >= 11 is 1.04. The smallest absolute Gasteiger partial charge is 0.349 e. The predicted octanol–water partition coefficient (Wildman–Crippen LogP) is 3.86. The number of carbonyl (C=O) groups excluding carboxylic acids is 2. The molecule has 0 aliphatic heterocycles. The first kappa shape index (κ1) is 21.5. The number of H-pyrrole nitrogens is 1. The molecule has 0 atom stereocenters. The van der Waals surface area contributed by atoms with Crippen LogP contribution in [0.4, 0.5) is 0 Å². The molecule has 0 radical (unpaired) electrons. The van der Waals surface area contributed by atoms with E-state index < -0.39 is 17.2 Å². The number of aromatic amines is 1. The molecule has 1 N–H and O–H groups in total. The summed E-state index contributed by atoms with van der Waals surface area (Å²) in [7, 11) is 0. The molecular formula is C24H20N2O5S. The Morgan fingerprint density at radius 1 is 1.03 bits per heavy atom. The molecular weight excluding hydrogens is 428 g/mol. The van der Waals surface area contributed by atoms with Gasteiger partial charge in [-0.15, -0.1) is 11.3 Å². The normalized spacial score (nSPS) is 10.9. The third-order valence-corrected chi connectivity index (χ3v) is 6.26. The summed E-state index contributed by atoms with van der Waals surface area (Å²) in [4.78, 5) is 53.6. The van der Waals surface area contributed by atoms with Crippen molar-refractivity contribution in [1.82, 2.24) is 9.55 Å². The molecule has 8 heteroatoms. The fourth-order valence-electron chi connectivity index (χ4n) is 3.51. The molecule has 0 bridgehead atoms. The zero-order valence-corrected chi connectivity index (χ0v) is 18.3. The van der Waals surface area contributed by atoms with Gasteiger partial charge in [0.05, 0.1) is 11.1 Å². The fraction of sp³-hybridized carbons (Fsp3) is 0.167. The molecule has 4 rings (SSSR count). The zero-order valence-electron chi connectivity index (χ0n) is 17.5. The van der Waals surface area contributed by atoms with Crippen LogP contribution in [0.3, 0.4) is 0 Å². The van der Waals surface area contributed by atoms with Crippen molar-refractivity contribution < 1.29 is 14.3 Å². The van der Waals surface area contributed by atoms with Gasteiger partial charge in [-0.3, -0.25) is 14.6 Å². The van der Waals surface area contributed by atoms with Gasteiger partial charge in [-0.05, 0) is 48.7 Å². The molecule has 0 aliphatic carbocycles. The average Bonchev–Trinajstić information content (AvgIpc) is 3.17. The van der Waals surface area contributed by atoms with Crippen LogP contribution < -0.4 is 11.2 Å². The molecule has 162 valence electrons. The van der Waals surface area contributed by atoms with Crippen molar-refractivity contribution in [3.05, 3.63) is 97.0 Å². The van der Waals surface area contributed by atoms with Crippen LogP contribution in [0.5, 0.6) is 0 Å². The summed E-state index contributed by atoms with van der Waals surface area (Å²) in [6.07, 6.45) is 0.417. The van der Waals surface area contributed by atoms with Crippen molar-refractivity contribution in [3.63, 3.8) is 0 Å². The Hall–Kier alpha value is -3.78. The third-order valence-electron chi connectivity index (χ3n) is 5.13. The minimum absolute atomic E-state index is 0.111. The minimum Gasteiger partial charge on any atom is -0.457 e. The molecule has 2 heterocycles. The largest absolute Gasteiger partial charge is 0.457 e. The number of benzene rings is 2. The van der Waals surface area contributed by atoms with Crippen LogP contribution in [0.15, 0.2) is 64.2 Å². The quantitative estimate of drug-likeness (QED) is 0.357. The number of aromatic nitrogens is 2. The average molecular weight is 449 g/mol. The second-order valence-electron chi connectivity index (χ2n) is 7.20. The van der Waals surface area contributed by atoms with Crippen LogP contribution >= 0.6 is 11.3 Å². The Kier molecular flexibility index (Phi) is 5.87. The summed E-state index contributed by atoms with van der Waals surface area (Å²) in [6, 6.07) is 15.5. The van der Waals surface area contributed by atoms with Gasteiger partial charge in [0.2, 0.25) is 0 Å². The van der Waals surface area contributed by atoms with Crippen LogP contribution in [0.1, 0.15) is 45.0 Å². The van der Waals surface area contributed by atoms with E-state index in [-0.39, 0.29) is 12.4 Å². The maximum absolute atomic E-state index is 13.3. The van der Waals surface area contributed by atoms with Gasteiger partial charge in [-0.1, -0.05) is 37.3 Å². The third kappa shape index (κ3) is 3.92. The summed E-state index contributed by atoms with van der Waals surface area (Å²) in [5.41, 5.74) is 1.07. The lowest BCUT2D eigenvalue weighted by atomic mass is 10.1. The molecule has 0 saturated heterocycles. The number of hydrogen-bond donors (Lipinski definition) is 1. The summed E-state index contributed by atoms with van der Waals surface area (Å²) in [5.74, 6) is -0.650. The standard InChI is InChI=1S/C24H20N2O5S/c1-3-18-19-21(32-20(18)23(29)31-13-15-7-5-4-6-8-15)25-24(30)26(22(19)28)17-11-9-16(10-12-17)14(2)27/h4-12H,3,13H2,1-2H3,(H,25,30). The summed E-state index contributed by atoms with van der Waals surface area (Å²) < 4.78 is 6.46. The van der Waals surface area contributed by atoms with E-state index >= 15 is 0 Å². The fourth-order valence-corrected chi connectivity index (χ4v) is 4.67. The van der Waals surface area contributed by atoms with Crippen molar-refractivity contribution in [1.29, 1.82) is 0 Å². The van der Waals surface area contributed by atoms with Crippen molar-refractivity contribution >= 4 is 33.3 Å². The number of ether oxygens (including phenoxy) is 1. The molecule has 7 nitrogen and oxygen atoms in total. The monoisotopic (exact) mass is 448 g/mol. The highest BCUT2D eigenvalue weighted by molar-refractivity contribution is 7.20. The van der Waals surface area contributed by atoms with Gasteiger partial charge in [-0.25, -0.2) is 14.2 Å². The van der Waals surface area contributed by atoms with Crippen molar-refractivity contribution in [2.45, 2.75) is 26.9 Å². The van der Waals surface area contributed by atoms with Crippen LogP contribution in [0, 0.1) is 0 Å². The van der Waals surface area contributed by atoms with Gasteiger partial charge in [0.25, 0.3) is 5.56 Å². The maximum atomic E-state index is 13.3. The van der Waals surface area contributed by atoms with Gasteiger partial charge in [0.1, 0.15) is 16.3 Å². The molecule has 4 aromatic rings. The van der Waals surface area contributed by atoms with E-state index in [4.69, 9.17) is 4.74 Å². The molecule has 32 heavy (non-hydrogen) atoms. The number of ketones is 1. The molecule has 0 amide bonds. The second kappa shape index (κ2) is 8.76. The Morgan fingerprint density at radius 3 is 2.34 bits per heavy atom. The predicted molar refractivity (Wildman–Crippen MR) is 123 cm³/mol. The van der Waals surface area contributed by atoms with E-state index in [2.05, 4.69) is 4.98 Å². The summed E-state index contributed by atoms with van der Waals surface area (Å²) in [5, 5.41) is 0.291. The lowest BCUT2D eigenvalue weighted by Crippen LogP contribution is -2.33. The number of Topliss-reactive ketones (excluding diaryl/α,β-unsaturated/α-hetero) is 1. The number of thiophene rings is 1. The number of nitrogens with zero attached hydrogens (tertiary/aromatic N) is 1. The Bertz CT molecular complexity index is 1430. The van der Waals surface area contributed by atoms with Crippen molar-refractivity contribution in [2.75, 3.05) is 0 Å². The topological polar surface area (TPSA) is 98.2 Å². The highest BCUT2D eigenvalue weighted by Crippen LogP contribution is 2.29. The number of esters is 1. The second-order valence-corrected chi connectivity index (χ2v) is 8.22. The van der Waals surface area contributed by atoms with E-state index in [9.17, 15) is 19.2 Å². The number of aryl methyl sites for hydroxylation is 1. The first-order chi connectivity index (χ1) is 15.4. The molecule has 2 aromatic carbocycles. The maximum Gasteiger partial charge on any atom is 0.349 e. The van der Waals surface area contributed by atoms with E-state index in [1.54, 1.807) is 24.3 Å². The van der Waals surface area contributed by atoms with Crippen LogP contribution in [0.2, 0.25) is 0 Å². The van der Waals surface area contributed by atoms with Crippen LogP contribution in [-0.2, 0) is 17.8 Å². The molecule has 0 spiro atoms. The SMILES string of the molecule is CCc1c(C(=O)OCc2ccccc2)sc2[nH]c(=O)n(-c3ccc(C(C)=O)cc3)c(=O)c12. The first-order valence-electron chi connectivity index (χ1n) is 10.0. The van der Waals surface area contributed by atoms with E-state index in [1.165, 1.54) is 6.92 Å². The van der Waals surface area contributed by atoms with Gasteiger partial charge >= 0.3 is 11.7 Å². The molecule has 0 saturated carbocycles. The van der Waals surface area contributed by atoms with Crippen LogP contribution in [-0.4, -0.2) is 21.3 Å². The van der Waals surface area contributed by atoms with Gasteiger partial charge in [-0.2, -0.15) is 0 Å². The van der Waals surface area contributed by atoms with Gasteiger partial charge in [0, 0.05) is 5.56 Å². The number of hydrogen-bond acceptors (Lipinski definition) is 6. The number of fused-ring (bicyclic) bond motifs is 1. The lowest BCUT2D eigenvalue weighted by Gasteiger charge is -2.07. The van der Waals surface area contributed by atoms with Crippen molar-refractivity contribution in [2.24, 2.45) is 0 Å². The Labute approximate surface area is 186 Å². The highest BCUT2D eigenvalue weighted by Gasteiger charge is 2.23. The summed E-state index contributed by atoms with van der Waals surface area (Å²) in [6.45, 7) is 3.39. The minimum atomic E-state index is -0.619. The lowest BCUT2D eigenvalue weighted by molar-refractivity contribution is 0.0477. The molecule has 0 fully saturated rings. The molecule has 0 unspecified atom stereocenters. The highest BCUT2D eigenvalue weighted by atomic mass is 32.1. The van der Waals surface area contributed by atoms with Crippen molar-refractivity contribution in [3.8, 4) is 5.69 Å². The molecule has 2 aromatic heterocycles. The van der Waals surface area contributed by atoms with Gasteiger partial charge in [0.15, 0.2) is 5.78 Å². The zero-order chi connectivity index (χ0) is 22.8. The van der Waals surface area contributed by atoms with E-state index in [1.807, 2.05) is 37.3 Å². The van der Waals surface area contributed by atoms with E-state index in [0.29, 0.717) is 38.3 Å². The first-order valence-corrected chi connectivity index (χ1v) is 10.9. The number of nitrogens with one attached hydrogen (secondary N) is 1. The Morgan fingerprint density at radius 2 is 1.72 bits per heavy atom. The Balaban J connectivity index is 1.77. The molecule has 0 aliphatic rings. The number of carbonyl (C=O) groups is 2. The number of rotatable bonds is 6.